The van der Waals surface area contributed by atoms with Gasteiger partial charge in [-0.15, -0.1) is 0 Å². The summed E-state index contributed by atoms with van der Waals surface area (Å²) in [7, 11) is 3.97. The minimum absolute atomic E-state index is 0.105. The van der Waals surface area contributed by atoms with Gasteiger partial charge in [-0.05, 0) is 59.7 Å². The molecule has 0 unspecified atom stereocenters. The van der Waals surface area contributed by atoms with Crippen LogP contribution in [0.15, 0.2) is 126 Å². The van der Waals surface area contributed by atoms with Crippen molar-refractivity contribution in [2.24, 2.45) is 4.99 Å². The predicted octanol–water partition coefficient (Wildman–Crippen LogP) is 6.48. The first kappa shape index (κ1) is 24.7. The Kier molecular flexibility index (Phi) is 7.09. The number of carbonyl (C=O) groups excluding carboxylic acids is 2. The molecule has 0 N–H and O–H groups in total. The van der Waals surface area contributed by atoms with Crippen LogP contribution < -0.4 is 9.80 Å². The van der Waals surface area contributed by atoms with E-state index in [2.05, 4.69) is 0 Å². The van der Waals surface area contributed by atoms with Crippen LogP contribution in [0, 0.1) is 0 Å². The average molecular weight is 498 g/mol. The minimum Gasteiger partial charge on any atom is -0.378 e. The smallest absolute Gasteiger partial charge is 0.282 e. The highest BCUT2D eigenvalue weighted by atomic mass is 16.2. The molecule has 0 saturated carbocycles. The Morgan fingerprint density at radius 2 is 1.39 bits per heavy atom. The Labute approximate surface area is 222 Å². The van der Waals surface area contributed by atoms with Crippen LogP contribution in [0.3, 0.4) is 0 Å². The quantitative estimate of drug-likeness (QED) is 0.217. The van der Waals surface area contributed by atoms with Gasteiger partial charge in [-0.3, -0.25) is 14.5 Å². The lowest BCUT2D eigenvalue weighted by Crippen LogP contribution is -2.32. The number of hydrogen-bond donors (Lipinski definition) is 0. The molecule has 0 bridgehead atoms. The number of amidine groups is 1. The molecular weight excluding hydrogens is 470 g/mol. The SMILES string of the molecule is CN(C)c1ccc(C=C2N=C(c3ccccc3)N(c3ccc(C(=O)C=Cc4ccccc4)cc3)C2=O)cc1. The zero-order valence-corrected chi connectivity index (χ0v) is 21.3. The number of rotatable bonds is 7. The van der Waals surface area contributed by atoms with Crippen molar-refractivity contribution in [2.45, 2.75) is 0 Å². The molecule has 4 aromatic rings. The summed E-state index contributed by atoms with van der Waals surface area (Å²) >= 11 is 0. The van der Waals surface area contributed by atoms with Gasteiger partial charge in [0.1, 0.15) is 11.5 Å². The lowest BCUT2D eigenvalue weighted by molar-refractivity contribution is -0.113. The predicted molar refractivity (Wildman–Crippen MR) is 155 cm³/mol. The molecule has 1 aliphatic rings. The number of ketones is 1. The van der Waals surface area contributed by atoms with Crippen LogP contribution in [-0.2, 0) is 4.79 Å². The first-order valence-electron chi connectivity index (χ1n) is 12.3. The number of amides is 1. The fourth-order valence-corrected chi connectivity index (χ4v) is 4.17. The Morgan fingerprint density at radius 1 is 0.763 bits per heavy atom. The number of carbonyl (C=O) groups is 2. The van der Waals surface area contributed by atoms with Crippen LogP contribution >= 0.6 is 0 Å². The Morgan fingerprint density at radius 3 is 2.03 bits per heavy atom. The molecule has 0 atom stereocenters. The number of benzene rings is 4. The number of hydrogen-bond acceptors (Lipinski definition) is 4. The van der Waals surface area contributed by atoms with Gasteiger partial charge in [0.2, 0.25) is 0 Å². The van der Waals surface area contributed by atoms with E-state index in [4.69, 9.17) is 4.99 Å². The zero-order valence-electron chi connectivity index (χ0n) is 21.3. The van der Waals surface area contributed by atoms with Gasteiger partial charge in [-0.2, -0.15) is 0 Å². The third-order valence-electron chi connectivity index (χ3n) is 6.24. The monoisotopic (exact) mass is 497 g/mol. The summed E-state index contributed by atoms with van der Waals surface area (Å²) in [6.07, 6.45) is 5.16. The second-order valence-electron chi connectivity index (χ2n) is 9.11. The summed E-state index contributed by atoms with van der Waals surface area (Å²) in [5, 5.41) is 0. The molecule has 4 aromatic carbocycles. The van der Waals surface area contributed by atoms with E-state index in [1.54, 1.807) is 47.4 Å². The number of aliphatic imine (C=N–C) groups is 1. The normalized spacial score (nSPS) is 14.3. The van der Waals surface area contributed by atoms with Crippen molar-refractivity contribution in [1.82, 2.24) is 0 Å². The topological polar surface area (TPSA) is 53.0 Å². The van der Waals surface area contributed by atoms with Crippen LogP contribution in [0.4, 0.5) is 11.4 Å². The maximum Gasteiger partial charge on any atom is 0.282 e. The summed E-state index contributed by atoms with van der Waals surface area (Å²) in [5.41, 5.74) is 5.30. The zero-order chi connectivity index (χ0) is 26.5. The van der Waals surface area contributed by atoms with E-state index >= 15 is 0 Å². The summed E-state index contributed by atoms with van der Waals surface area (Å²) in [5.74, 6) is 0.227. The van der Waals surface area contributed by atoms with Crippen LogP contribution in [0.2, 0.25) is 0 Å². The van der Waals surface area contributed by atoms with E-state index in [0.717, 1.165) is 22.4 Å². The molecule has 5 heteroatoms. The van der Waals surface area contributed by atoms with E-state index < -0.39 is 0 Å². The third-order valence-corrected chi connectivity index (χ3v) is 6.24. The second kappa shape index (κ2) is 10.9. The van der Waals surface area contributed by atoms with Crippen molar-refractivity contribution in [2.75, 3.05) is 23.9 Å². The molecule has 0 aliphatic carbocycles. The molecule has 0 spiro atoms. The molecule has 186 valence electrons. The van der Waals surface area contributed by atoms with Crippen molar-refractivity contribution in [3.8, 4) is 0 Å². The maximum atomic E-state index is 13.6. The molecule has 1 amide bonds. The van der Waals surface area contributed by atoms with E-state index in [1.807, 2.05) is 104 Å². The molecule has 1 heterocycles. The Bertz CT molecular complexity index is 1530. The molecule has 0 saturated heterocycles. The van der Waals surface area contributed by atoms with Crippen molar-refractivity contribution in [1.29, 1.82) is 0 Å². The molecular formula is C33H27N3O2. The standard InChI is InChI=1S/C33H27N3O2/c1-35(2)28-18-13-25(14-19-28)23-30-33(38)36(32(34-30)27-11-7-4-8-12-27)29-20-16-26(17-21-29)31(37)22-15-24-9-5-3-6-10-24/h3-23H,1-2H3. The van der Waals surface area contributed by atoms with Gasteiger partial charge < -0.3 is 4.90 Å². The van der Waals surface area contributed by atoms with Gasteiger partial charge in [-0.1, -0.05) is 78.9 Å². The van der Waals surface area contributed by atoms with Crippen molar-refractivity contribution in [3.05, 3.63) is 143 Å². The highest BCUT2D eigenvalue weighted by Crippen LogP contribution is 2.28. The van der Waals surface area contributed by atoms with Gasteiger partial charge in [0.25, 0.3) is 5.91 Å². The molecule has 5 rings (SSSR count). The molecule has 0 aromatic heterocycles. The first-order chi connectivity index (χ1) is 18.5. The molecule has 0 radical (unpaired) electrons. The van der Waals surface area contributed by atoms with Gasteiger partial charge in [0.05, 0.1) is 5.69 Å². The minimum atomic E-state index is -0.219. The lowest BCUT2D eigenvalue weighted by Gasteiger charge is -2.18. The van der Waals surface area contributed by atoms with Crippen LogP contribution in [-0.4, -0.2) is 31.6 Å². The van der Waals surface area contributed by atoms with E-state index in [-0.39, 0.29) is 11.7 Å². The van der Waals surface area contributed by atoms with E-state index in [9.17, 15) is 9.59 Å². The maximum absolute atomic E-state index is 13.6. The van der Waals surface area contributed by atoms with Gasteiger partial charge >= 0.3 is 0 Å². The Balaban J connectivity index is 1.44. The van der Waals surface area contributed by atoms with Crippen LogP contribution in [0.25, 0.3) is 12.2 Å². The first-order valence-corrected chi connectivity index (χ1v) is 12.3. The summed E-state index contributed by atoms with van der Waals surface area (Å²) < 4.78 is 0. The van der Waals surface area contributed by atoms with Gasteiger partial charge in [-0.25, -0.2) is 4.99 Å². The number of nitrogens with zero attached hydrogens (tertiary/aromatic N) is 3. The number of allylic oxidation sites excluding steroid dienone is 1. The summed E-state index contributed by atoms with van der Waals surface area (Å²) in [6, 6.07) is 34.3. The second-order valence-corrected chi connectivity index (χ2v) is 9.11. The molecule has 38 heavy (non-hydrogen) atoms. The highest BCUT2D eigenvalue weighted by Gasteiger charge is 2.32. The van der Waals surface area contributed by atoms with Crippen LogP contribution in [0.1, 0.15) is 27.0 Å². The van der Waals surface area contributed by atoms with Gasteiger partial charge in [0, 0.05) is 30.9 Å². The Hall–Kier alpha value is -5.03. The summed E-state index contributed by atoms with van der Waals surface area (Å²) in [4.78, 5) is 34.7. The summed E-state index contributed by atoms with van der Waals surface area (Å²) in [6.45, 7) is 0. The van der Waals surface area contributed by atoms with Gasteiger partial charge in [0.15, 0.2) is 5.78 Å². The fraction of sp³-hybridized carbons (Fsp3) is 0.0606. The van der Waals surface area contributed by atoms with Crippen molar-refractivity contribution >= 4 is 41.1 Å². The molecule has 5 nitrogen and oxygen atoms in total. The third kappa shape index (κ3) is 5.37. The van der Waals surface area contributed by atoms with E-state index in [1.165, 1.54) is 0 Å². The van der Waals surface area contributed by atoms with Crippen LogP contribution in [0.5, 0.6) is 0 Å². The lowest BCUT2D eigenvalue weighted by atomic mass is 10.1. The largest absolute Gasteiger partial charge is 0.378 e. The number of anilines is 2. The van der Waals surface area contributed by atoms with E-state index in [0.29, 0.717) is 22.8 Å². The molecule has 0 fully saturated rings. The molecule has 1 aliphatic heterocycles. The average Bonchev–Trinajstić information content (AvgIpc) is 3.28. The fourth-order valence-electron chi connectivity index (χ4n) is 4.17. The van der Waals surface area contributed by atoms with Crippen molar-refractivity contribution in [3.63, 3.8) is 0 Å². The van der Waals surface area contributed by atoms with Crippen molar-refractivity contribution < 1.29 is 9.59 Å². The highest BCUT2D eigenvalue weighted by molar-refractivity contribution is 6.33.